The number of nitrogen functional groups attached to an aromatic ring is 1. The number of amides is 1. The molecule has 42 heavy (non-hydrogen) atoms. The van der Waals surface area contributed by atoms with Crippen LogP contribution in [0.1, 0.15) is 41.7 Å². The third-order valence-corrected chi connectivity index (χ3v) is 6.44. The topological polar surface area (TPSA) is 157 Å². The Balaban J connectivity index is 0.000000952. The molecule has 5 N–H and O–H groups in total. The van der Waals surface area contributed by atoms with Crippen molar-refractivity contribution in [1.82, 2.24) is 25.1 Å². The summed E-state index contributed by atoms with van der Waals surface area (Å²) >= 11 is 0. The fourth-order valence-corrected chi connectivity index (χ4v) is 4.51. The second-order valence-corrected chi connectivity index (χ2v) is 9.31. The Morgan fingerprint density at radius 3 is 2.45 bits per heavy atom. The van der Waals surface area contributed by atoms with Crippen molar-refractivity contribution in [3.05, 3.63) is 59.7 Å². The Kier molecular flexibility index (Phi) is 8.90. The lowest BCUT2D eigenvalue weighted by atomic mass is 10.1. The monoisotopic (exact) mass is 589 g/mol. The van der Waals surface area contributed by atoms with Crippen LogP contribution in [-0.4, -0.2) is 56.9 Å². The third kappa shape index (κ3) is 6.57. The van der Waals surface area contributed by atoms with Crippen LogP contribution in [0.5, 0.6) is 5.75 Å². The lowest BCUT2D eigenvalue weighted by molar-refractivity contribution is -0.138. The van der Waals surface area contributed by atoms with E-state index in [1.54, 1.807) is 12.1 Å². The summed E-state index contributed by atoms with van der Waals surface area (Å²) in [6.45, 7) is 2.79. The molecule has 0 radical (unpaired) electrons. The van der Waals surface area contributed by atoms with Gasteiger partial charge in [0.05, 0.1) is 35.4 Å². The van der Waals surface area contributed by atoms with Crippen LogP contribution in [0.4, 0.5) is 29.1 Å². The van der Waals surface area contributed by atoms with Gasteiger partial charge in [-0.3, -0.25) is 9.59 Å². The van der Waals surface area contributed by atoms with Gasteiger partial charge in [0.15, 0.2) is 5.65 Å². The molecule has 5 rings (SSSR count). The number of nitrogens with one attached hydrogen (secondary N) is 2. The number of hydrogen-bond donors (Lipinski definition) is 4. The van der Waals surface area contributed by atoms with E-state index in [1.165, 1.54) is 19.5 Å². The summed E-state index contributed by atoms with van der Waals surface area (Å²) in [5.41, 5.74) is 6.41. The number of rotatable bonds is 5. The molecule has 4 aromatic rings. The number of halogens is 4. The summed E-state index contributed by atoms with van der Waals surface area (Å²) in [7, 11) is 1.39. The standard InChI is InChI=1S/C25H23F4N7O2.C2H4O2/c1-38-19-10-13(2-5-18(19)34-24(37)16-4-3-14(11-17(16)26)25(27,28)29)21-20-22(30)32-12-33-23(20)36(35-21)15-6-8-31-9-7-15;1-2(3)4/h2-5,10-12,15,31H,6-9H2,1H3,(H,34,37)(H2,30,32,33);1H3,(H,3,4). The first-order valence-corrected chi connectivity index (χ1v) is 12.7. The molecule has 222 valence electrons. The van der Waals surface area contributed by atoms with Crippen LogP contribution < -0.4 is 21.1 Å². The number of ether oxygens (including phenoxy) is 1. The van der Waals surface area contributed by atoms with Gasteiger partial charge >= 0.3 is 6.18 Å². The molecule has 2 aromatic heterocycles. The Bertz CT molecular complexity index is 1610. The van der Waals surface area contributed by atoms with E-state index in [1.807, 2.05) is 4.68 Å². The quantitative estimate of drug-likeness (QED) is 0.246. The van der Waals surface area contributed by atoms with E-state index in [9.17, 15) is 22.4 Å². The number of aliphatic carboxylic acids is 1. The molecule has 15 heteroatoms. The Hall–Kier alpha value is -4.79. The largest absolute Gasteiger partial charge is 0.495 e. The lowest BCUT2D eigenvalue weighted by Crippen LogP contribution is -2.30. The first-order chi connectivity index (χ1) is 19.9. The summed E-state index contributed by atoms with van der Waals surface area (Å²) < 4.78 is 60.1. The number of methoxy groups -OCH3 is 1. The van der Waals surface area contributed by atoms with Crippen molar-refractivity contribution < 1.29 is 37.0 Å². The number of carboxylic acid groups (broad SMARTS) is 1. The molecule has 0 spiro atoms. The molecule has 1 aliphatic rings. The molecule has 0 bridgehead atoms. The van der Waals surface area contributed by atoms with Gasteiger partial charge in [-0.2, -0.15) is 18.3 Å². The normalized spacial score (nSPS) is 13.8. The van der Waals surface area contributed by atoms with Crippen LogP contribution in [0.15, 0.2) is 42.7 Å². The average molecular weight is 590 g/mol. The molecule has 0 atom stereocenters. The maximum Gasteiger partial charge on any atom is 0.416 e. The zero-order chi connectivity index (χ0) is 30.6. The van der Waals surface area contributed by atoms with Crippen LogP contribution in [-0.2, 0) is 11.0 Å². The summed E-state index contributed by atoms with van der Waals surface area (Å²) in [4.78, 5) is 30.2. The van der Waals surface area contributed by atoms with Crippen molar-refractivity contribution in [2.75, 3.05) is 31.2 Å². The van der Waals surface area contributed by atoms with Crippen molar-refractivity contribution in [1.29, 1.82) is 0 Å². The van der Waals surface area contributed by atoms with Crippen molar-refractivity contribution in [3.8, 4) is 17.0 Å². The molecule has 1 saturated heterocycles. The van der Waals surface area contributed by atoms with Crippen molar-refractivity contribution in [2.45, 2.75) is 32.0 Å². The van der Waals surface area contributed by atoms with Gasteiger partial charge in [-0.1, -0.05) is 6.07 Å². The minimum Gasteiger partial charge on any atom is -0.495 e. The molecule has 0 saturated carbocycles. The summed E-state index contributed by atoms with van der Waals surface area (Å²) in [5, 5.41) is 18.6. The number of hydrogen-bond acceptors (Lipinski definition) is 8. The molecule has 11 nitrogen and oxygen atoms in total. The van der Waals surface area contributed by atoms with Crippen molar-refractivity contribution in [3.63, 3.8) is 0 Å². The highest BCUT2D eigenvalue weighted by Gasteiger charge is 2.32. The first-order valence-electron chi connectivity index (χ1n) is 12.7. The molecular weight excluding hydrogens is 562 g/mol. The van der Waals surface area contributed by atoms with Gasteiger partial charge in [-0.15, -0.1) is 0 Å². The molecule has 2 aromatic carbocycles. The minimum atomic E-state index is -4.73. The number of anilines is 2. The van der Waals surface area contributed by atoms with E-state index in [4.69, 9.17) is 25.5 Å². The highest BCUT2D eigenvalue weighted by atomic mass is 19.4. The van der Waals surface area contributed by atoms with E-state index in [0.717, 1.165) is 38.9 Å². The maximum atomic E-state index is 14.3. The summed E-state index contributed by atoms with van der Waals surface area (Å²) in [5.74, 6) is -2.57. The van der Waals surface area contributed by atoms with Gasteiger partial charge in [0, 0.05) is 12.5 Å². The van der Waals surface area contributed by atoms with E-state index in [-0.39, 0.29) is 29.4 Å². The molecule has 1 fully saturated rings. The van der Waals surface area contributed by atoms with Gasteiger partial charge in [0.1, 0.15) is 29.4 Å². The third-order valence-electron chi connectivity index (χ3n) is 6.44. The zero-order valence-electron chi connectivity index (χ0n) is 22.5. The van der Waals surface area contributed by atoms with Crippen LogP contribution in [0.3, 0.4) is 0 Å². The fraction of sp³-hybridized carbons (Fsp3) is 0.296. The predicted molar refractivity (Wildman–Crippen MR) is 146 cm³/mol. The van der Waals surface area contributed by atoms with Crippen LogP contribution in [0, 0.1) is 5.82 Å². The highest BCUT2D eigenvalue weighted by molar-refractivity contribution is 6.06. The number of alkyl halides is 3. The second-order valence-electron chi connectivity index (χ2n) is 9.31. The van der Waals surface area contributed by atoms with Gasteiger partial charge in [0.25, 0.3) is 11.9 Å². The number of carbonyl (C=O) groups excluding carboxylic acids is 1. The summed E-state index contributed by atoms with van der Waals surface area (Å²) in [6.07, 6.45) is -1.60. The van der Waals surface area contributed by atoms with Gasteiger partial charge < -0.3 is 26.2 Å². The first kappa shape index (κ1) is 30.2. The van der Waals surface area contributed by atoms with Gasteiger partial charge in [0.2, 0.25) is 0 Å². The number of nitrogens with zero attached hydrogens (tertiary/aromatic N) is 4. The fourth-order valence-electron chi connectivity index (χ4n) is 4.51. The molecular formula is C27H27F4N7O4. The highest BCUT2D eigenvalue weighted by Crippen LogP contribution is 2.37. The average Bonchev–Trinajstić information content (AvgIpc) is 3.34. The van der Waals surface area contributed by atoms with Crippen LogP contribution >= 0.6 is 0 Å². The van der Waals surface area contributed by atoms with E-state index < -0.39 is 35.0 Å². The number of piperidine rings is 1. The SMILES string of the molecule is CC(=O)O.COc1cc(-c2nn(C3CCNCC3)c3ncnc(N)c23)ccc1NC(=O)c1ccc(C(F)(F)F)cc1F. The number of carbonyl (C=O) groups is 2. The van der Waals surface area contributed by atoms with Crippen molar-refractivity contribution >= 4 is 34.4 Å². The van der Waals surface area contributed by atoms with Crippen molar-refractivity contribution in [2.24, 2.45) is 0 Å². The molecule has 1 aliphatic heterocycles. The molecule has 0 aliphatic carbocycles. The number of benzene rings is 2. The zero-order valence-corrected chi connectivity index (χ0v) is 22.5. The number of fused-ring (bicyclic) bond motifs is 1. The predicted octanol–water partition coefficient (Wildman–Crippen LogP) is 4.51. The van der Waals surface area contributed by atoms with Crippen LogP contribution in [0.25, 0.3) is 22.3 Å². The Morgan fingerprint density at radius 2 is 1.83 bits per heavy atom. The van der Waals surface area contributed by atoms with Crippen LogP contribution in [0.2, 0.25) is 0 Å². The minimum absolute atomic E-state index is 0.126. The summed E-state index contributed by atoms with van der Waals surface area (Å²) in [6, 6.07) is 6.67. The van der Waals surface area contributed by atoms with E-state index in [2.05, 4.69) is 20.6 Å². The Morgan fingerprint density at radius 1 is 1.14 bits per heavy atom. The second kappa shape index (κ2) is 12.4. The lowest BCUT2D eigenvalue weighted by Gasteiger charge is -2.23. The smallest absolute Gasteiger partial charge is 0.416 e. The van der Waals surface area contributed by atoms with Gasteiger partial charge in [-0.25, -0.2) is 19.0 Å². The van der Waals surface area contributed by atoms with Gasteiger partial charge in [-0.05, 0) is 56.3 Å². The number of aromatic nitrogens is 4. The molecule has 3 heterocycles. The van der Waals surface area contributed by atoms with E-state index >= 15 is 0 Å². The Labute approximate surface area is 236 Å². The maximum absolute atomic E-state index is 14.3. The number of nitrogens with two attached hydrogens (primary N) is 1. The molecule has 0 unspecified atom stereocenters. The molecule has 1 amide bonds. The van der Waals surface area contributed by atoms with E-state index in [0.29, 0.717) is 28.4 Å². The number of carboxylic acids is 1.